The predicted molar refractivity (Wildman–Crippen MR) is 58.9 cm³/mol. The fourth-order valence-electron chi connectivity index (χ4n) is 1.48. The molecule has 2 N–H and O–H groups in total. The van der Waals surface area contributed by atoms with Gasteiger partial charge in [0.25, 0.3) is 0 Å². The van der Waals surface area contributed by atoms with E-state index in [1.54, 1.807) is 0 Å². The van der Waals surface area contributed by atoms with Crippen LogP contribution < -0.4 is 10.6 Å². The van der Waals surface area contributed by atoms with Crippen molar-refractivity contribution < 1.29 is 9.53 Å². The van der Waals surface area contributed by atoms with Gasteiger partial charge >= 0.3 is 6.03 Å². The molecule has 15 heavy (non-hydrogen) atoms. The summed E-state index contributed by atoms with van der Waals surface area (Å²) in [7, 11) is 4.05. The highest BCUT2D eigenvalue weighted by molar-refractivity contribution is 5.74. The van der Waals surface area contributed by atoms with Gasteiger partial charge < -0.3 is 20.3 Å². The zero-order valence-corrected chi connectivity index (χ0v) is 9.58. The lowest BCUT2D eigenvalue weighted by Gasteiger charge is -2.13. The van der Waals surface area contributed by atoms with Crippen LogP contribution in [0.1, 0.15) is 12.8 Å². The molecule has 0 bridgehead atoms. The summed E-state index contributed by atoms with van der Waals surface area (Å²) in [6.07, 6.45) is 1.90. The molecule has 0 aromatic rings. The molecule has 5 nitrogen and oxygen atoms in total. The fraction of sp³-hybridized carbons (Fsp3) is 0.900. The van der Waals surface area contributed by atoms with Crippen LogP contribution in [0, 0.1) is 0 Å². The zero-order chi connectivity index (χ0) is 11.1. The number of ether oxygens (including phenoxy) is 1. The third-order valence-electron chi connectivity index (χ3n) is 2.33. The summed E-state index contributed by atoms with van der Waals surface area (Å²) in [5.74, 6) is 0. The van der Waals surface area contributed by atoms with E-state index in [1.165, 1.54) is 0 Å². The molecule has 0 aromatic carbocycles. The number of amides is 2. The van der Waals surface area contributed by atoms with Crippen LogP contribution in [0.5, 0.6) is 0 Å². The molecule has 0 aliphatic carbocycles. The van der Waals surface area contributed by atoms with Crippen molar-refractivity contribution in [1.82, 2.24) is 15.5 Å². The molecule has 2 amide bonds. The largest absolute Gasteiger partial charge is 0.379 e. The van der Waals surface area contributed by atoms with Crippen LogP contribution in [-0.4, -0.2) is 57.4 Å². The maximum Gasteiger partial charge on any atom is 0.315 e. The van der Waals surface area contributed by atoms with E-state index in [2.05, 4.69) is 15.5 Å². The molecule has 5 heteroatoms. The van der Waals surface area contributed by atoms with Gasteiger partial charge in [-0.25, -0.2) is 4.79 Å². The summed E-state index contributed by atoms with van der Waals surface area (Å²) in [4.78, 5) is 13.5. The Balaban J connectivity index is 1.98. The molecule has 1 atom stereocenters. The van der Waals surface area contributed by atoms with Crippen molar-refractivity contribution in [2.24, 2.45) is 0 Å². The van der Waals surface area contributed by atoms with Gasteiger partial charge in [-0.2, -0.15) is 0 Å². The van der Waals surface area contributed by atoms with E-state index in [9.17, 15) is 4.79 Å². The highest BCUT2D eigenvalue weighted by atomic mass is 16.5. The van der Waals surface area contributed by atoms with E-state index in [4.69, 9.17) is 4.74 Å². The highest BCUT2D eigenvalue weighted by Crippen LogP contribution is 2.02. The normalized spacial score (nSPS) is 20.6. The van der Waals surface area contributed by atoms with E-state index in [1.807, 2.05) is 14.1 Å². The Bertz CT molecular complexity index is 191. The predicted octanol–water partition coefficient (Wildman–Crippen LogP) is 0.0262. The molecule has 0 aromatic heterocycles. The van der Waals surface area contributed by atoms with Crippen molar-refractivity contribution >= 4 is 6.03 Å². The van der Waals surface area contributed by atoms with Crippen LogP contribution in [0.4, 0.5) is 4.79 Å². The molecule has 0 saturated carbocycles. The quantitative estimate of drug-likeness (QED) is 0.636. The molecule has 1 fully saturated rings. The SMILES string of the molecule is CN(C)CCCNC(=O)NC1CCOC1. The van der Waals surface area contributed by atoms with Gasteiger partial charge in [0.15, 0.2) is 0 Å². The first kappa shape index (κ1) is 12.3. The van der Waals surface area contributed by atoms with Crippen LogP contribution in [-0.2, 0) is 4.74 Å². The first-order chi connectivity index (χ1) is 7.18. The lowest BCUT2D eigenvalue weighted by molar-refractivity contribution is 0.188. The van der Waals surface area contributed by atoms with E-state index >= 15 is 0 Å². The van der Waals surface area contributed by atoms with E-state index in [-0.39, 0.29) is 12.1 Å². The molecule has 88 valence electrons. The van der Waals surface area contributed by atoms with E-state index < -0.39 is 0 Å². The molecular weight excluding hydrogens is 194 g/mol. The third kappa shape index (κ3) is 5.59. The monoisotopic (exact) mass is 215 g/mol. The van der Waals surface area contributed by atoms with Crippen molar-refractivity contribution in [2.75, 3.05) is 40.4 Å². The topological polar surface area (TPSA) is 53.6 Å². The summed E-state index contributed by atoms with van der Waals surface area (Å²) in [5.41, 5.74) is 0. The van der Waals surface area contributed by atoms with Gasteiger partial charge in [-0.1, -0.05) is 0 Å². The van der Waals surface area contributed by atoms with Crippen LogP contribution >= 0.6 is 0 Å². The Morgan fingerprint density at radius 2 is 2.33 bits per heavy atom. The van der Waals surface area contributed by atoms with Crippen molar-refractivity contribution in [2.45, 2.75) is 18.9 Å². The van der Waals surface area contributed by atoms with Crippen LogP contribution in [0.15, 0.2) is 0 Å². The Hall–Kier alpha value is -0.810. The Morgan fingerprint density at radius 1 is 1.53 bits per heavy atom. The summed E-state index contributed by atoms with van der Waals surface area (Å²) in [6, 6.07) is 0.114. The number of carbonyl (C=O) groups excluding carboxylic acids is 1. The molecule has 1 unspecified atom stereocenters. The van der Waals surface area contributed by atoms with Gasteiger partial charge in [0.2, 0.25) is 0 Å². The standard InChI is InChI=1S/C10H21N3O2/c1-13(2)6-3-5-11-10(14)12-9-4-7-15-8-9/h9H,3-8H2,1-2H3,(H2,11,12,14). The van der Waals surface area contributed by atoms with Crippen LogP contribution in [0.25, 0.3) is 0 Å². The third-order valence-corrected chi connectivity index (χ3v) is 2.33. The van der Waals surface area contributed by atoms with Crippen LogP contribution in [0.2, 0.25) is 0 Å². The van der Waals surface area contributed by atoms with Crippen LogP contribution in [0.3, 0.4) is 0 Å². The molecule has 1 aliphatic heterocycles. The minimum atomic E-state index is -0.0794. The number of hydrogen-bond donors (Lipinski definition) is 2. The summed E-state index contributed by atoms with van der Waals surface area (Å²) < 4.78 is 5.17. The van der Waals surface area contributed by atoms with Gasteiger partial charge in [-0.15, -0.1) is 0 Å². The molecule has 1 saturated heterocycles. The van der Waals surface area contributed by atoms with Crippen molar-refractivity contribution in [3.05, 3.63) is 0 Å². The second-order valence-electron chi connectivity index (χ2n) is 4.12. The minimum Gasteiger partial charge on any atom is -0.379 e. The molecule has 0 spiro atoms. The number of hydrogen-bond acceptors (Lipinski definition) is 3. The number of rotatable bonds is 5. The lowest BCUT2D eigenvalue weighted by Crippen LogP contribution is -2.43. The fourth-order valence-corrected chi connectivity index (χ4v) is 1.48. The van der Waals surface area contributed by atoms with Gasteiger partial charge in [0, 0.05) is 13.2 Å². The Labute approximate surface area is 91.2 Å². The van der Waals surface area contributed by atoms with Gasteiger partial charge in [0.05, 0.1) is 12.6 Å². The number of carbonyl (C=O) groups is 1. The van der Waals surface area contributed by atoms with Crippen molar-refractivity contribution in [3.63, 3.8) is 0 Å². The van der Waals surface area contributed by atoms with Crippen molar-refractivity contribution in [1.29, 1.82) is 0 Å². The van der Waals surface area contributed by atoms with Gasteiger partial charge in [-0.05, 0) is 33.5 Å². The number of nitrogens with one attached hydrogen (secondary N) is 2. The maximum absolute atomic E-state index is 11.4. The average molecular weight is 215 g/mol. The Morgan fingerprint density at radius 3 is 2.93 bits per heavy atom. The van der Waals surface area contributed by atoms with E-state index in [0.29, 0.717) is 6.61 Å². The zero-order valence-electron chi connectivity index (χ0n) is 9.58. The van der Waals surface area contributed by atoms with Gasteiger partial charge in [-0.3, -0.25) is 0 Å². The summed E-state index contributed by atoms with van der Waals surface area (Å²) in [5, 5.41) is 5.71. The number of nitrogens with zero attached hydrogens (tertiary/aromatic N) is 1. The minimum absolute atomic E-state index is 0.0794. The Kier molecular flexibility index (Phi) is 5.42. The van der Waals surface area contributed by atoms with Gasteiger partial charge in [0.1, 0.15) is 0 Å². The average Bonchev–Trinajstić information content (AvgIpc) is 2.64. The first-order valence-electron chi connectivity index (χ1n) is 5.45. The molecule has 1 heterocycles. The lowest BCUT2D eigenvalue weighted by atomic mass is 10.3. The molecule has 1 rings (SSSR count). The van der Waals surface area contributed by atoms with E-state index in [0.717, 1.165) is 32.5 Å². The highest BCUT2D eigenvalue weighted by Gasteiger charge is 2.16. The summed E-state index contributed by atoms with van der Waals surface area (Å²) >= 11 is 0. The first-order valence-corrected chi connectivity index (χ1v) is 5.45. The van der Waals surface area contributed by atoms with Crippen molar-refractivity contribution in [3.8, 4) is 0 Å². The molecule has 0 radical (unpaired) electrons. The maximum atomic E-state index is 11.4. The molecular formula is C10H21N3O2. The second-order valence-corrected chi connectivity index (χ2v) is 4.12. The number of urea groups is 1. The smallest absolute Gasteiger partial charge is 0.315 e. The molecule has 1 aliphatic rings. The second kappa shape index (κ2) is 6.63. The summed E-state index contributed by atoms with van der Waals surface area (Å²) in [6.45, 7) is 3.11.